The van der Waals surface area contributed by atoms with Gasteiger partial charge in [-0.05, 0) is 26.0 Å². The Kier molecular flexibility index (Phi) is 3.44. The molecule has 2 N–H and O–H groups in total. The number of esters is 1. The molecule has 0 amide bonds. The SMILES string of the molecule is C[C@@H](O)[C@@](C)(O)C(=O)Oc1ccccc1. The van der Waals surface area contributed by atoms with E-state index in [-0.39, 0.29) is 0 Å². The smallest absolute Gasteiger partial charge is 0.345 e. The Morgan fingerprint density at radius 1 is 1.40 bits per heavy atom. The largest absolute Gasteiger partial charge is 0.424 e. The number of aliphatic hydroxyl groups is 2. The lowest BCUT2D eigenvalue weighted by molar-refractivity contribution is -0.163. The molecule has 1 aromatic carbocycles. The van der Waals surface area contributed by atoms with Crippen molar-refractivity contribution in [2.24, 2.45) is 0 Å². The first-order chi connectivity index (χ1) is 6.94. The van der Waals surface area contributed by atoms with Gasteiger partial charge in [0.2, 0.25) is 0 Å². The summed E-state index contributed by atoms with van der Waals surface area (Å²) >= 11 is 0. The second-order valence-corrected chi connectivity index (χ2v) is 3.53. The van der Waals surface area contributed by atoms with Crippen molar-refractivity contribution in [2.45, 2.75) is 25.6 Å². The Bertz CT molecular complexity index is 330. The van der Waals surface area contributed by atoms with E-state index in [0.717, 1.165) is 0 Å². The second kappa shape index (κ2) is 4.42. The fourth-order valence-electron chi connectivity index (χ4n) is 0.869. The summed E-state index contributed by atoms with van der Waals surface area (Å²) in [5.74, 6) is -0.535. The molecule has 0 aliphatic carbocycles. The minimum atomic E-state index is -1.89. The predicted molar refractivity (Wildman–Crippen MR) is 54.4 cm³/mol. The molecular formula is C11H14O4. The molecule has 0 spiro atoms. The lowest BCUT2D eigenvalue weighted by Gasteiger charge is -2.23. The Hall–Kier alpha value is -1.39. The van der Waals surface area contributed by atoms with Gasteiger partial charge >= 0.3 is 5.97 Å². The highest BCUT2D eigenvalue weighted by Crippen LogP contribution is 2.16. The molecular weight excluding hydrogens is 196 g/mol. The predicted octanol–water partition coefficient (Wildman–Crippen LogP) is 0.724. The van der Waals surface area contributed by atoms with E-state index in [1.807, 2.05) is 0 Å². The van der Waals surface area contributed by atoms with Crippen LogP contribution >= 0.6 is 0 Å². The summed E-state index contributed by atoms with van der Waals surface area (Å²) in [5.41, 5.74) is -1.89. The molecule has 4 heteroatoms. The molecule has 0 radical (unpaired) electrons. The number of hydrogen-bond donors (Lipinski definition) is 2. The van der Waals surface area contributed by atoms with E-state index < -0.39 is 17.7 Å². The van der Waals surface area contributed by atoms with Gasteiger partial charge in [0.05, 0.1) is 6.10 Å². The molecule has 0 saturated heterocycles. The first kappa shape index (κ1) is 11.7. The summed E-state index contributed by atoms with van der Waals surface area (Å²) in [6, 6.07) is 8.38. The van der Waals surface area contributed by atoms with E-state index in [1.165, 1.54) is 13.8 Å². The van der Waals surface area contributed by atoms with Crippen LogP contribution in [0.4, 0.5) is 0 Å². The quantitative estimate of drug-likeness (QED) is 0.570. The van der Waals surface area contributed by atoms with E-state index in [4.69, 9.17) is 4.74 Å². The minimum Gasteiger partial charge on any atom is -0.424 e. The zero-order valence-corrected chi connectivity index (χ0v) is 8.68. The maximum absolute atomic E-state index is 11.4. The molecule has 0 saturated carbocycles. The van der Waals surface area contributed by atoms with Gasteiger partial charge in [0.1, 0.15) is 5.75 Å². The molecule has 4 nitrogen and oxygen atoms in total. The molecule has 0 aromatic heterocycles. The third kappa shape index (κ3) is 2.78. The summed E-state index contributed by atoms with van der Waals surface area (Å²) < 4.78 is 4.89. The van der Waals surface area contributed by atoms with Crippen LogP contribution in [0.3, 0.4) is 0 Å². The number of hydrogen-bond acceptors (Lipinski definition) is 4. The van der Waals surface area contributed by atoms with Gasteiger partial charge in [-0.15, -0.1) is 0 Å². The van der Waals surface area contributed by atoms with E-state index in [2.05, 4.69) is 0 Å². The first-order valence-corrected chi connectivity index (χ1v) is 4.62. The van der Waals surface area contributed by atoms with Crippen LogP contribution in [0.15, 0.2) is 30.3 Å². The summed E-state index contributed by atoms with van der Waals surface area (Å²) in [7, 11) is 0. The van der Waals surface area contributed by atoms with Gasteiger partial charge in [0, 0.05) is 0 Å². The van der Waals surface area contributed by atoms with Crippen LogP contribution in [-0.4, -0.2) is 27.9 Å². The molecule has 15 heavy (non-hydrogen) atoms. The van der Waals surface area contributed by atoms with Gasteiger partial charge in [0.15, 0.2) is 5.60 Å². The maximum atomic E-state index is 11.4. The van der Waals surface area contributed by atoms with Crippen molar-refractivity contribution >= 4 is 5.97 Å². The molecule has 82 valence electrons. The first-order valence-electron chi connectivity index (χ1n) is 4.62. The van der Waals surface area contributed by atoms with Gasteiger partial charge in [-0.3, -0.25) is 0 Å². The number of ether oxygens (including phenoxy) is 1. The summed E-state index contributed by atoms with van der Waals surface area (Å²) in [4.78, 5) is 11.4. The van der Waals surface area contributed by atoms with Gasteiger partial charge in [-0.25, -0.2) is 4.79 Å². The minimum absolute atomic E-state index is 0.337. The molecule has 0 bridgehead atoms. The van der Waals surface area contributed by atoms with E-state index >= 15 is 0 Å². The van der Waals surface area contributed by atoms with Crippen LogP contribution in [0.2, 0.25) is 0 Å². The molecule has 0 fully saturated rings. The lowest BCUT2D eigenvalue weighted by Crippen LogP contribution is -2.47. The van der Waals surface area contributed by atoms with Crippen LogP contribution in [-0.2, 0) is 4.79 Å². The summed E-state index contributed by atoms with van der Waals surface area (Å²) in [6.07, 6.45) is -1.19. The zero-order chi connectivity index (χ0) is 11.5. The molecule has 0 heterocycles. The maximum Gasteiger partial charge on any atom is 0.345 e. The summed E-state index contributed by atoms with van der Waals surface area (Å²) in [6.45, 7) is 2.54. The number of carbonyl (C=O) groups excluding carboxylic acids is 1. The standard InChI is InChI=1S/C11H14O4/c1-8(12)11(2,14)10(13)15-9-6-4-3-5-7-9/h3-8,12,14H,1-2H3/t8-,11-/m1/s1. The van der Waals surface area contributed by atoms with Gasteiger partial charge in [0.25, 0.3) is 0 Å². The third-order valence-electron chi connectivity index (χ3n) is 2.18. The van der Waals surface area contributed by atoms with Crippen molar-refractivity contribution in [3.63, 3.8) is 0 Å². The van der Waals surface area contributed by atoms with Crippen molar-refractivity contribution in [2.75, 3.05) is 0 Å². The van der Waals surface area contributed by atoms with Gasteiger partial charge in [-0.1, -0.05) is 18.2 Å². The molecule has 0 aliphatic heterocycles. The molecule has 2 atom stereocenters. The fraction of sp³-hybridized carbons (Fsp3) is 0.364. The molecule has 1 aromatic rings. The Balaban J connectivity index is 2.72. The number of aliphatic hydroxyl groups excluding tert-OH is 1. The average Bonchev–Trinajstić information content (AvgIpc) is 2.18. The Morgan fingerprint density at radius 3 is 2.40 bits per heavy atom. The fourth-order valence-corrected chi connectivity index (χ4v) is 0.869. The van der Waals surface area contributed by atoms with Crippen molar-refractivity contribution in [3.8, 4) is 5.75 Å². The van der Waals surface area contributed by atoms with Crippen molar-refractivity contribution in [3.05, 3.63) is 30.3 Å². The van der Waals surface area contributed by atoms with Crippen LogP contribution in [0.1, 0.15) is 13.8 Å². The monoisotopic (exact) mass is 210 g/mol. The van der Waals surface area contributed by atoms with Crippen molar-refractivity contribution < 1.29 is 19.7 Å². The normalized spacial score (nSPS) is 16.5. The van der Waals surface area contributed by atoms with E-state index in [0.29, 0.717) is 5.75 Å². The number of rotatable bonds is 3. The third-order valence-corrected chi connectivity index (χ3v) is 2.18. The number of carbonyl (C=O) groups is 1. The molecule has 0 unspecified atom stereocenters. The summed E-state index contributed by atoms with van der Waals surface area (Å²) in [5, 5.41) is 18.8. The highest BCUT2D eigenvalue weighted by Gasteiger charge is 2.37. The van der Waals surface area contributed by atoms with E-state index in [1.54, 1.807) is 30.3 Å². The highest BCUT2D eigenvalue weighted by molar-refractivity contribution is 5.81. The highest BCUT2D eigenvalue weighted by atomic mass is 16.6. The van der Waals surface area contributed by atoms with Crippen LogP contribution in [0.5, 0.6) is 5.75 Å². The van der Waals surface area contributed by atoms with Crippen molar-refractivity contribution in [1.82, 2.24) is 0 Å². The Labute approximate surface area is 88.1 Å². The van der Waals surface area contributed by atoms with Crippen LogP contribution in [0.25, 0.3) is 0 Å². The molecule has 1 rings (SSSR count). The molecule has 0 aliphatic rings. The van der Waals surface area contributed by atoms with Crippen LogP contribution < -0.4 is 4.74 Å². The number of benzene rings is 1. The van der Waals surface area contributed by atoms with Gasteiger partial charge in [-0.2, -0.15) is 0 Å². The topological polar surface area (TPSA) is 66.8 Å². The van der Waals surface area contributed by atoms with Crippen molar-refractivity contribution in [1.29, 1.82) is 0 Å². The Morgan fingerprint density at radius 2 is 1.93 bits per heavy atom. The lowest BCUT2D eigenvalue weighted by atomic mass is 10.0. The van der Waals surface area contributed by atoms with E-state index in [9.17, 15) is 15.0 Å². The number of para-hydroxylation sites is 1. The van der Waals surface area contributed by atoms with Gasteiger partial charge < -0.3 is 14.9 Å². The average molecular weight is 210 g/mol. The second-order valence-electron chi connectivity index (χ2n) is 3.53. The van der Waals surface area contributed by atoms with Crippen LogP contribution in [0, 0.1) is 0 Å². The zero-order valence-electron chi connectivity index (χ0n) is 8.68.